The normalized spacial score (nSPS) is 14.1. The average Bonchev–Trinajstić information content (AvgIpc) is 2.62. The molecular weight excluding hydrogens is 348 g/mol. The monoisotopic (exact) mass is 368 g/mol. The SMILES string of the molecule is Cc1cc(C)c(N2CCN(C(=O)Nc3ccccc3C#N)CC2)c(Cl)c1. The molecule has 6 heteroatoms. The van der Waals surface area contributed by atoms with Crippen molar-refractivity contribution < 1.29 is 4.79 Å². The van der Waals surface area contributed by atoms with Gasteiger partial charge < -0.3 is 15.1 Å². The molecule has 0 aromatic heterocycles. The molecule has 1 N–H and O–H groups in total. The van der Waals surface area contributed by atoms with Crippen molar-refractivity contribution in [2.45, 2.75) is 13.8 Å². The molecule has 1 fully saturated rings. The molecule has 0 radical (unpaired) electrons. The molecule has 0 spiro atoms. The van der Waals surface area contributed by atoms with Crippen molar-refractivity contribution in [3.63, 3.8) is 0 Å². The van der Waals surface area contributed by atoms with Crippen molar-refractivity contribution in [1.82, 2.24) is 4.90 Å². The number of hydrogen-bond acceptors (Lipinski definition) is 3. The van der Waals surface area contributed by atoms with Crippen LogP contribution >= 0.6 is 11.6 Å². The molecule has 0 aliphatic carbocycles. The Morgan fingerprint density at radius 3 is 2.50 bits per heavy atom. The Morgan fingerprint density at radius 1 is 1.15 bits per heavy atom. The highest BCUT2D eigenvalue weighted by atomic mass is 35.5. The first-order chi connectivity index (χ1) is 12.5. The van der Waals surface area contributed by atoms with E-state index in [9.17, 15) is 4.79 Å². The topological polar surface area (TPSA) is 59.4 Å². The zero-order valence-corrected chi connectivity index (χ0v) is 15.7. The van der Waals surface area contributed by atoms with Gasteiger partial charge in [0.2, 0.25) is 0 Å². The minimum Gasteiger partial charge on any atom is -0.367 e. The highest BCUT2D eigenvalue weighted by Gasteiger charge is 2.24. The van der Waals surface area contributed by atoms with Gasteiger partial charge in [0.25, 0.3) is 0 Å². The lowest BCUT2D eigenvalue weighted by Gasteiger charge is -2.37. The zero-order chi connectivity index (χ0) is 18.7. The van der Waals surface area contributed by atoms with E-state index in [0.717, 1.165) is 34.9 Å². The van der Waals surface area contributed by atoms with Gasteiger partial charge in [-0.2, -0.15) is 5.26 Å². The van der Waals surface area contributed by atoms with E-state index in [-0.39, 0.29) is 6.03 Å². The maximum absolute atomic E-state index is 12.5. The van der Waals surface area contributed by atoms with Crippen molar-refractivity contribution >= 4 is 29.0 Å². The highest BCUT2D eigenvalue weighted by molar-refractivity contribution is 6.33. The van der Waals surface area contributed by atoms with E-state index >= 15 is 0 Å². The second-order valence-corrected chi connectivity index (χ2v) is 6.88. The molecule has 134 valence electrons. The number of carbonyl (C=O) groups excluding carboxylic acids is 1. The maximum Gasteiger partial charge on any atom is 0.322 e. The fourth-order valence-corrected chi connectivity index (χ4v) is 3.77. The predicted molar refractivity (Wildman–Crippen MR) is 105 cm³/mol. The van der Waals surface area contributed by atoms with E-state index in [2.05, 4.69) is 29.3 Å². The summed E-state index contributed by atoms with van der Waals surface area (Å²) in [5.74, 6) is 0. The first-order valence-electron chi connectivity index (χ1n) is 8.56. The molecule has 1 aliphatic rings. The Balaban J connectivity index is 1.65. The Labute approximate surface area is 158 Å². The number of nitrogens with one attached hydrogen (secondary N) is 1. The summed E-state index contributed by atoms with van der Waals surface area (Å²) < 4.78 is 0. The summed E-state index contributed by atoms with van der Waals surface area (Å²) in [6.07, 6.45) is 0. The number of halogens is 1. The lowest BCUT2D eigenvalue weighted by molar-refractivity contribution is 0.208. The standard InChI is InChI=1S/C20H21ClN4O/c1-14-11-15(2)19(17(21)12-14)24-7-9-25(10-8-24)20(26)23-18-6-4-3-5-16(18)13-22/h3-6,11-12H,7-10H2,1-2H3,(H,23,26). The number of aryl methyl sites for hydroxylation is 2. The third kappa shape index (κ3) is 3.76. The van der Waals surface area contributed by atoms with Gasteiger partial charge in [-0.05, 0) is 43.2 Å². The Morgan fingerprint density at radius 2 is 1.85 bits per heavy atom. The number of carbonyl (C=O) groups is 1. The minimum absolute atomic E-state index is 0.181. The fourth-order valence-electron chi connectivity index (χ4n) is 3.33. The molecule has 1 saturated heterocycles. The van der Waals surface area contributed by atoms with E-state index in [1.807, 2.05) is 13.0 Å². The molecule has 1 aliphatic heterocycles. The number of rotatable bonds is 2. The van der Waals surface area contributed by atoms with Gasteiger partial charge in [0.15, 0.2) is 0 Å². The van der Waals surface area contributed by atoms with Crippen LogP contribution in [0.3, 0.4) is 0 Å². The number of urea groups is 1. The van der Waals surface area contributed by atoms with Crippen molar-refractivity contribution in [1.29, 1.82) is 5.26 Å². The van der Waals surface area contributed by atoms with Crippen LogP contribution in [0.4, 0.5) is 16.2 Å². The van der Waals surface area contributed by atoms with Crippen molar-refractivity contribution in [2.75, 3.05) is 36.4 Å². The number of benzene rings is 2. The predicted octanol–water partition coefficient (Wildman–Crippen LogP) is 4.18. The van der Waals surface area contributed by atoms with Gasteiger partial charge in [-0.3, -0.25) is 0 Å². The lowest BCUT2D eigenvalue weighted by Crippen LogP contribution is -2.50. The van der Waals surface area contributed by atoms with Crippen LogP contribution < -0.4 is 10.2 Å². The molecule has 2 aromatic carbocycles. The third-order valence-corrected chi connectivity index (χ3v) is 4.86. The fraction of sp³-hybridized carbons (Fsp3) is 0.300. The van der Waals surface area contributed by atoms with Crippen LogP contribution in [-0.2, 0) is 0 Å². The number of amides is 2. The molecular formula is C20H21ClN4O. The quantitative estimate of drug-likeness (QED) is 0.864. The molecule has 1 heterocycles. The zero-order valence-electron chi connectivity index (χ0n) is 14.9. The molecule has 5 nitrogen and oxygen atoms in total. The molecule has 0 saturated carbocycles. The van der Waals surface area contributed by atoms with Crippen LogP contribution in [0.15, 0.2) is 36.4 Å². The first-order valence-corrected chi connectivity index (χ1v) is 8.94. The maximum atomic E-state index is 12.5. The van der Waals surface area contributed by atoms with Crippen molar-refractivity contribution in [2.24, 2.45) is 0 Å². The van der Waals surface area contributed by atoms with Gasteiger partial charge in [0.1, 0.15) is 6.07 Å². The Hall–Kier alpha value is -2.71. The van der Waals surface area contributed by atoms with Crippen molar-refractivity contribution in [3.8, 4) is 6.07 Å². The molecule has 0 bridgehead atoms. The molecule has 2 aromatic rings. The number of piperazine rings is 1. The van der Waals surface area contributed by atoms with E-state index in [0.29, 0.717) is 24.3 Å². The summed E-state index contributed by atoms with van der Waals surface area (Å²) in [4.78, 5) is 16.5. The second-order valence-electron chi connectivity index (χ2n) is 6.47. The Bertz CT molecular complexity index is 843. The van der Waals surface area contributed by atoms with Gasteiger partial charge >= 0.3 is 6.03 Å². The van der Waals surface area contributed by atoms with Gasteiger partial charge in [-0.1, -0.05) is 29.8 Å². The van der Waals surface area contributed by atoms with Crippen LogP contribution in [-0.4, -0.2) is 37.1 Å². The number of nitrogens with zero attached hydrogens (tertiary/aromatic N) is 3. The molecule has 0 atom stereocenters. The summed E-state index contributed by atoms with van der Waals surface area (Å²) in [7, 11) is 0. The largest absolute Gasteiger partial charge is 0.367 e. The van der Waals surface area contributed by atoms with Gasteiger partial charge in [-0.15, -0.1) is 0 Å². The second kappa shape index (κ2) is 7.67. The van der Waals surface area contributed by atoms with E-state index < -0.39 is 0 Å². The van der Waals surface area contributed by atoms with Gasteiger partial charge in [-0.25, -0.2) is 4.79 Å². The third-order valence-electron chi connectivity index (χ3n) is 4.57. The van der Waals surface area contributed by atoms with E-state index in [4.69, 9.17) is 16.9 Å². The number of para-hydroxylation sites is 1. The Kier molecular flexibility index (Phi) is 5.34. The first kappa shape index (κ1) is 18.1. The number of nitriles is 1. The van der Waals surface area contributed by atoms with Crippen molar-refractivity contribution in [3.05, 3.63) is 58.1 Å². The van der Waals surface area contributed by atoms with Crippen LogP contribution in [0, 0.1) is 25.2 Å². The van der Waals surface area contributed by atoms with E-state index in [1.54, 1.807) is 29.2 Å². The van der Waals surface area contributed by atoms with Gasteiger partial charge in [0.05, 0.1) is 22.0 Å². The molecule has 3 rings (SSSR count). The summed E-state index contributed by atoms with van der Waals surface area (Å²) in [5.41, 5.74) is 4.34. The van der Waals surface area contributed by atoms with Crippen LogP contribution in [0.2, 0.25) is 5.02 Å². The smallest absolute Gasteiger partial charge is 0.322 e. The highest BCUT2D eigenvalue weighted by Crippen LogP contribution is 2.31. The lowest BCUT2D eigenvalue weighted by atomic mass is 10.1. The number of hydrogen-bond donors (Lipinski definition) is 1. The van der Waals surface area contributed by atoms with Crippen LogP contribution in [0.1, 0.15) is 16.7 Å². The van der Waals surface area contributed by atoms with Crippen LogP contribution in [0.5, 0.6) is 0 Å². The van der Waals surface area contributed by atoms with Gasteiger partial charge in [0, 0.05) is 26.2 Å². The van der Waals surface area contributed by atoms with E-state index in [1.165, 1.54) is 0 Å². The number of anilines is 2. The summed E-state index contributed by atoms with van der Waals surface area (Å²) in [5, 5.41) is 12.7. The molecule has 26 heavy (non-hydrogen) atoms. The summed E-state index contributed by atoms with van der Waals surface area (Å²) in [6.45, 7) is 6.73. The summed E-state index contributed by atoms with van der Waals surface area (Å²) >= 11 is 6.44. The molecule has 0 unspecified atom stereocenters. The molecule has 2 amide bonds. The summed E-state index contributed by atoms with van der Waals surface area (Å²) in [6, 6.07) is 13.0. The average molecular weight is 369 g/mol. The van der Waals surface area contributed by atoms with Crippen LogP contribution in [0.25, 0.3) is 0 Å². The minimum atomic E-state index is -0.181.